The van der Waals surface area contributed by atoms with Crippen molar-refractivity contribution in [3.63, 3.8) is 0 Å². The van der Waals surface area contributed by atoms with Gasteiger partial charge in [-0.05, 0) is 32.0 Å². The number of carbonyl (C=O) groups excluding carboxylic acids is 1. The standard InChI is InChI=1S/C13H18N2O2/c1-13(2)8-9-7-10(3-4-11(9)17-13)15-12(16)5-6-14/h3-4,7H,5-6,8,14H2,1-2H3,(H,15,16). The Kier molecular flexibility index (Phi) is 3.07. The summed E-state index contributed by atoms with van der Waals surface area (Å²) in [4.78, 5) is 11.4. The van der Waals surface area contributed by atoms with Gasteiger partial charge in [-0.1, -0.05) is 0 Å². The maximum Gasteiger partial charge on any atom is 0.225 e. The molecule has 0 aliphatic carbocycles. The molecule has 4 heteroatoms. The molecule has 1 aromatic rings. The third-order valence-corrected chi connectivity index (χ3v) is 2.72. The number of hydrogen-bond acceptors (Lipinski definition) is 3. The summed E-state index contributed by atoms with van der Waals surface area (Å²) < 4.78 is 5.77. The Bertz CT molecular complexity index is 441. The van der Waals surface area contributed by atoms with Gasteiger partial charge in [0.25, 0.3) is 0 Å². The van der Waals surface area contributed by atoms with Gasteiger partial charge in [-0.3, -0.25) is 4.79 Å². The Labute approximate surface area is 101 Å². The highest BCUT2D eigenvalue weighted by Crippen LogP contribution is 2.36. The third-order valence-electron chi connectivity index (χ3n) is 2.72. The number of nitrogens with one attached hydrogen (secondary N) is 1. The van der Waals surface area contributed by atoms with Gasteiger partial charge in [0.2, 0.25) is 5.91 Å². The number of nitrogens with two attached hydrogens (primary N) is 1. The summed E-state index contributed by atoms with van der Waals surface area (Å²) in [5, 5.41) is 2.83. The van der Waals surface area contributed by atoms with E-state index in [4.69, 9.17) is 10.5 Å². The molecule has 1 aliphatic rings. The van der Waals surface area contributed by atoms with Gasteiger partial charge in [0.15, 0.2) is 0 Å². The Morgan fingerprint density at radius 3 is 3.00 bits per heavy atom. The third kappa shape index (κ3) is 2.77. The fourth-order valence-electron chi connectivity index (χ4n) is 2.04. The van der Waals surface area contributed by atoms with Crippen molar-refractivity contribution < 1.29 is 9.53 Å². The van der Waals surface area contributed by atoms with Crippen LogP contribution in [0.5, 0.6) is 5.75 Å². The van der Waals surface area contributed by atoms with E-state index in [0.29, 0.717) is 13.0 Å². The first-order chi connectivity index (χ1) is 8.00. The minimum absolute atomic E-state index is 0.0503. The van der Waals surface area contributed by atoms with Crippen molar-refractivity contribution in [2.24, 2.45) is 5.73 Å². The molecule has 17 heavy (non-hydrogen) atoms. The summed E-state index contributed by atoms with van der Waals surface area (Å²) in [6, 6.07) is 5.73. The molecule has 2 rings (SSSR count). The van der Waals surface area contributed by atoms with Crippen LogP contribution in [0.2, 0.25) is 0 Å². The van der Waals surface area contributed by atoms with E-state index in [-0.39, 0.29) is 11.5 Å². The lowest BCUT2D eigenvalue weighted by Crippen LogP contribution is -2.24. The van der Waals surface area contributed by atoms with Crippen molar-refractivity contribution in [2.45, 2.75) is 32.3 Å². The maximum absolute atomic E-state index is 11.4. The first-order valence-electron chi connectivity index (χ1n) is 5.82. The zero-order valence-electron chi connectivity index (χ0n) is 10.2. The molecule has 0 saturated heterocycles. The Morgan fingerprint density at radius 1 is 1.53 bits per heavy atom. The lowest BCUT2D eigenvalue weighted by atomic mass is 10.0. The number of rotatable bonds is 3. The van der Waals surface area contributed by atoms with Crippen molar-refractivity contribution in [1.82, 2.24) is 0 Å². The monoisotopic (exact) mass is 234 g/mol. The number of carbonyl (C=O) groups is 1. The van der Waals surface area contributed by atoms with Gasteiger partial charge in [0.1, 0.15) is 11.4 Å². The molecule has 92 valence electrons. The van der Waals surface area contributed by atoms with Crippen LogP contribution in [0.1, 0.15) is 25.8 Å². The van der Waals surface area contributed by atoms with Crippen LogP contribution in [-0.4, -0.2) is 18.1 Å². The number of ether oxygens (including phenoxy) is 1. The van der Waals surface area contributed by atoms with Gasteiger partial charge in [0, 0.05) is 30.6 Å². The number of fused-ring (bicyclic) bond motifs is 1. The zero-order valence-corrected chi connectivity index (χ0v) is 10.2. The molecule has 1 aromatic carbocycles. The largest absolute Gasteiger partial charge is 0.487 e. The Hall–Kier alpha value is -1.55. The van der Waals surface area contributed by atoms with Crippen molar-refractivity contribution in [2.75, 3.05) is 11.9 Å². The second-order valence-electron chi connectivity index (χ2n) is 4.95. The van der Waals surface area contributed by atoms with Crippen LogP contribution >= 0.6 is 0 Å². The zero-order chi connectivity index (χ0) is 12.5. The van der Waals surface area contributed by atoms with Crippen molar-refractivity contribution in [1.29, 1.82) is 0 Å². The van der Waals surface area contributed by atoms with E-state index in [1.54, 1.807) is 0 Å². The molecule has 0 radical (unpaired) electrons. The summed E-state index contributed by atoms with van der Waals surface area (Å²) in [5.41, 5.74) is 7.13. The summed E-state index contributed by atoms with van der Waals surface area (Å²) in [5.74, 6) is 0.859. The fourth-order valence-corrected chi connectivity index (χ4v) is 2.04. The predicted molar refractivity (Wildman–Crippen MR) is 67.2 cm³/mol. The summed E-state index contributed by atoms with van der Waals surface area (Å²) in [6.45, 7) is 4.48. The molecule has 1 amide bonds. The highest BCUT2D eigenvalue weighted by molar-refractivity contribution is 5.91. The van der Waals surface area contributed by atoms with E-state index in [2.05, 4.69) is 19.2 Å². The average Bonchev–Trinajstić information content (AvgIpc) is 2.51. The molecule has 0 unspecified atom stereocenters. The van der Waals surface area contributed by atoms with Crippen LogP contribution in [-0.2, 0) is 11.2 Å². The molecule has 4 nitrogen and oxygen atoms in total. The Morgan fingerprint density at radius 2 is 2.29 bits per heavy atom. The van der Waals surface area contributed by atoms with Crippen LogP contribution in [0.15, 0.2) is 18.2 Å². The van der Waals surface area contributed by atoms with Crippen LogP contribution in [0.3, 0.4) is 0 Å². The number of anilines is 1. The number of hydrogen-bond donors (Lipinski definition) is 2. The van der Waals surface area contributed by atoms with Gasteiger partial charge in [0.05, 0.1) is 0 Å². The second-order valence-corrected chi connectivity index (χ2v) is 4.95. The quantitative estimate of drug-likeness (QED) is 0.836. The molecule has 1 aliphatic heterocycles. The minimum Gasteiger partial charge on any atom is -0.487 e. The molecular formula is C13H18N2O2. The first kappa shape index (κ1) is 11.9. The molecule has 0 fully saturated rings. The van der Waals surface area contributed by atoms with Crippen LogP contribution in [0, 0.1) is 0 Å². The smallest absolute Gasteiger partial charge is 0.225 e. The lowest BCUT2D eigenvalue weighted by molar-refractivity contribution is -0.116. The summed E-state index contributed by atoms with van der Waals surface area (Å²) >= 11 is 0. The molecule has 3 N–H and O–H groups in total. The van der Waals surface area contributed by atoms with Crippen molar-refractivity contribution in [3.8, 4) is 5.75 Å². The number of amides is 1. The highest BCUT2D eigenvalue weighted by Gasteiger charge is 2.29. The molecule has 0 spiro atoms. The van der Waals surface area contributed by atoms with Gasteiger partial charge in [-0.2, -0.15) is 0 Å². The summed E-state index contributed by atoms with van der Waals surface area (Å²) in [6.07, 6.45) is 1.21. The topological polar surface area (TPSA) is 64.4 Å². The average molecular weight is 234 g/mol. The molecule has 1 heterocycles. The molecule has 0 bridgehead atoms. The van der Waals surface area contributed by atoms with E-state index >= 15 is 0 Å². The molecular weight excluding hydrogens is 216 g/mol. The van der Waals surface area contributed by atoms with Gasteiger partial charge in [-0.25, -0.2) is 0 Å². The van der Waals surface area contributed by atoms with E-state index in [0.717, 1.165) is 23.4 Å². The van der Waals surface area contributed by atoms with Gasteiger partial charge in [-0.15, -0.1) is 0 Å². The first-order valence-corrected chi connectivity index (χ1v) is 5.82. The lowest BCUT2D eigenvalue weighted by Gasteiger charge is -2.16. The van der Waals surface area contributed by atoms with Gasteiger partial charge < -0.3 is 15.8 Å². The molecule has 0 aromatic heterocycles. The highest BCUT2D eigenvalue weighted by atomic mass is 16.5. The van der Waals surface area contributed by atoms with Gasteiger partial charge >= 0.3 is 0 Å². The van der Waals surface area contributed by atoms with E-state index in [1.165, 1.54) is 0 Å². The molecule has 0 atom stereocenters. The van der Waals surface area contributed by atoms with Crippen LogP contribution in [0.4, 0.5) is 5.69 Å². The van der Waals surface area contributed by atoms with Crippen molar-refractivity contribution >= 4 is 11.6 Å². The summed E-state index contributed by atoms with van der Waals surface area (Å²) in [7, 11) is 0. The maximum atomic E-state index is 11.4. The Balaban J connectivity index is 2.11. The van der Waals surface area contributed by atoms with E-state index in [9.17, 15) is 4.79 Å². The minimum atomic E-state index is -0.151. The van der Waals surface area contributed by atoms with Crippen LogP contribution < -0.4 is 15.8 Å². The number of benzene rings is 1. The predicted octanol–water partition coefficient (Wildman–Crippen LogP) is 1.69. The van der Waals surface area contributed by atoms with E-state index in [1.807, 2.05) is 18.2 Å². The normalized spacial score (nSPS) is 16.2. The van der Waals surface area contributed by atoms with Crippen molar-refractivity contribution in [3.05, 3.63) is 23.8 Å². The fraction of sp³-hybridized carbons (Fsp3) is 0.462. The van der Waals surface area contributed by atoms with E-state index < -0.39 is 0 Å². The SMILES string of the molecule is CC1(C)Cc2cc(NC(=O)CCN)ccc2O1. The second kappa shape index (κ2) is 4.37. The van der Waals surface area contributed by atoms with Crippen LogP contribution in [0.25, 0.3) is 0 Å². The molecule has 0 saturated carbocycles.